The molecule has 3 nitrogen and oxygen atoms in total. The average Bonchev–Trinajstić information content (AvgIpc) is 3.44. The molecule has 0 saturated carbocycles. The van der Waals surface area contributed by atoms with Crippen LogP contribution in [-0.4, -0.2) is 26.4 Å². The fraction of sp³-hybridized carbons (Fsp3) is 0.174. The summed E-state index contributed by atoms with van der Waals surface area (Å²) in [6, 6.07) is 16.3. The molecule has 0 aliphatic rings. The third kappa shape index (κ3) is 5.50. The predicted octanol–water partition coefficient (Wildman–Crippen LogP) is 8.68. The van der Waals surface area contributed by atoms with Crippen LogP contribution in [0, 0.1) is 0 Å². The van der Waals surface area contributed by atoms with Gasteiger partial charge in [0.15, 0.2) is 0 Å². The molecule has 0 bridgehead atoms. The van der Waals surface area contributed by atoms with E-state index in [-0.39, 0.29) is 17.6 Å². The van der Waals surface area contributed by atoms with Crippen LogP contribution in [0.4, 0.5) is 0 Å². The van der Waals surface area contributed by atoms with E-state index in [1.165, 1.54) is 0 Å². The largest absolute Gasteiger partial charge is 0.298 e. The van der Waals surface area contributed by atoms with Gasteiger partial charge in [-0.25, -0.2) is 9.97 Å². The maximum absolute atomic E-state index is 13.5. The molecule has 0 aliphatic carbocycles. The summed E-state index contributed by atoms with van der Waals surface area (Å²) in [5, 5.41) is 3.05. The van der Waals surface area contributed by atoms with Crippen molar-refractivity contribution >= 4 is 92.2 Å². The van der Waals surface area contributed by atoms with Gasteiger partial charge in [-0.2, -0.15) is 0 Å². The van der Waals surface area contributed by atoms with E-state index in [9.17, 15) is 4.79 Å². The number of nitrogens with zero attached hydrogens (tertiary/aromatic N) is 2. The number of ketones is 1. The third-order valence-corrected chi connectivity index (χ3v) is 9.42. The summed E-state index contributed by atoms with van der Waals surface area (Å²) in [7, 11) is 0. The van der Waals surface area contributed by atoms with E-state index in [4.69, 9.17) is 0 Å². The van der Waals surface area contributed by atoms with E-state index >= 15 is 0 Å². The van der Waals surface area contributed by atoms with E-state index < -0.39 is 0 Å². The number of alkyl halides is 2. The Bertz CT molecular complexity index is 1110. The SMILES string of the molecule is O=C(C(CBr)c1ccc(-c2ncc(Br)s2)cc1)C(CBr)c1ccc(-c2ncc(Br)s2)cc1. The van der Waals surface area contributed by atoms with Gasteiger partial charge in [-0.15, -0.1) is 22.7 Å². The van der Waals surface area contributed by atoms with Crippen molar-refractivity contribution in [3.05, 3.63) is 79.6 Å². The van der Waals surface area contributed by atoms with Crippen LogP contribution in [0.1, 0.15) is 23.0 Å². The Labute approximate surface area is 228 Å². The zero-order valence-corrected chi connectivity index (χ0v) is 24.5. The highest BCUT2D eigenvalue weighted by molar-refractivity contribution is 9.11. The van der Waals surface area contributed by atoms with Crippen molar-refractivity contribution in [2.45, 2.75) is 11.8 Å². The average molecular weight is 720 g/mol. The van der Waals surface area contributed by atoms with Crippen LogP contribution in [0.5, 0.6) is 0 Å². The standard InChI is InChI=1S/C23H16Br4N2OS2/c24-9-17(13-1-5-15(6-2-13)22-28-11-19(26)31-22)21(30)18(10-25)14-3-7-16(8-4-14)23-29-12-20(27)32-23/h1-8,11-12,17-18H,9-10H2. The van der Waals surface area contributed by atoms with Gasteiger partial charge < -0.3 is 0 Å². The lowest BCUT2D eigenvalue weighted by Crippen LogP contribution is -2.23. The highest BCUT2D eigenvalue weighted by atomic mass is 79.9. The van der Waals surface area contributed by atoms with Gasteiger partial charge in [-0.1, -0.05) is 80.4 Å². The van der Waals surface area contributed by atoms with Crippen LogP contribution in [-0.2, 0) is 4.79 Å². The monoisotopic (exact) mass is 716 g/mol. The van der Waals surface area contributed by atoms with Crippen molar-refractivity contribution in [1.29, 1.82) is 0 Å². The minimum absolute atomic E-state index is 0.188. The highest BCUT2D eigenvalue weighted by Crippen LogP contribution is 2.34. The molecule has 2 heterocycles. The molecule has 2 aromatic carbocycles. The number of benzene rings is 2. The summed E-state index contributed by atoms with van der Waals surface area (Å²) in [4.78, 5) is 22.4. The Kier molecular flexibility index (Phi) is 8.50. The summed E-state index contributed by atoms with van der Waals surface area (Å²) in [5.74, 6) is -0.276. The molecular weight excluding hydrogens is 704 g/mol. The van der Waals surface area contributed by atoms with Crippen molar-refractivity contribution in [3.8, 4) is 21.1 Å². The van der Waals surface area contributed by atoms with E-state index in [0.29, 0.717) is 10.7 Å². The normalized spacial score (nSPS) is 13.1. The Balaban J connectivity index is 1.54. The molecule has 0 aliphatic heterocycles. The van der Waals surface area contributed by atoms with Crippen LogP contribution in [0.15, 0.2) is 68.5 Å². The lowest BCUT2D eigenvalue weighted by molar-refractivity contribution is -0.121. The zero-order valence-electron chi connectivity index (χ0n) is 16.5. The summed E-state index contributed by atoms with van der Waals surface area (Å²) in [5.41, 5.74) is 4.10. The Morgan fingerprint density at radius 2 is 1.09 bits per heavy atom. The molecule has 0 fully saturated rings. The van der Waals surface area contributed by atoms with Gasteiger partial charge in [-0.05, 0) is 43.0 Å². The predicted molar refractivity (Wildman–Crippen MR) is 149 cm³/mol. The minimum atomic E-state index is -0.232. The van der Waals surface area contributed by atoms with Gasteiger partial charge in [-0.3, -0.25) is 4.79 Å². The molecule has 0 amide bonds. The molecule has 2 atom stereocenters. The number of hydrogen-bond donors (Lipinski definition) is 0. The molecule has 0 radical (unpaired) electrons. The Hall–Kier alpha value is -0.710. The smallest absolute Gasteiger partial charge is 0.149 e. The van der Waals surface area contributed by atoms with Crippen molar-refractivity contribution < 1.29 is 4.79 Å². The number of rotatable bonds is 8. The number of aromatic nitrogens is 2. The quantitative estimate of drug-likeness (QED) is 0.171. The van der Waals surface area contributed by atoms with Crippen LogP contribution >= 0.6 is 86.4 Å². The Morgan fingerprint density at radius 1 is 0.719 bits per heavy atom. The van der Waals surface area contributed by atoms with E-state index in [0.717, 1.165) is 39.8 Å². The fourth-order valence-electron chi connectivity index (χ4n) is 3.39. The van der Waals surface area contributed by atoms with Gasteiger partial charge in [0.1, 0.15) is 15.8 Å². The van der Waals surface area contributed by atoms with Crippen molar-refractivity contribution in [2.24, 2.45) is 0 Å². The van der Waals surface area contributed by atoms with Crippen molar-refractivity contribution in [2.75, 3.05) is 10.7 Å². The topological polar surface area (TPSA) is 42.9 Å². The number of hydrogen-bond acceptors (Lipinski definition) is 5. The molecule has 2 aromatic heterocycles. The van der Waals surface area contributed by atoms with Crippen LogP contribution in [0.25, 0.3) is 21.1 Å². The molecule has 0 saturated heterocycles. The molecule has 9 heteroatoms. The molecule has 4 rings (SSSR count). The summed E-state index contributed by atoms with van der Waals surface area (Å²) in [6.45, 7) is 0. The molecular formula is C23H16Br4N2OS2. The van der Waals surface area contributed by atoms with E-state index in [2.05, 4.69) is 73.7 Å². The number of halogens is 4. The second-order valence-corrected chi connectivity index (χ2v) is 13.1. The number of carbonyl (C=O) groups is 1. The van der Waals surface area contributed by atoms with E-state index in [1.807, 2.05) is 48.5 Å². The molecule has 164 valence electrons. The summed E-state index contributed by atoms with van der Waals surface area (Å²) >= 11 is 17.2. The van der Waals surface area contributed by atoms with Crippen molar-refractivity contribution in [3.63, 3.8) is 0 Å². The van der Waals surface area contributed by atoms with Crippen LogP contribution in [0.2, 0.25) is 0 Å². The number of thiazole rings is 2. The van der Waals surface area contributed by atoms with E-state index in [1.54, 1.807) is 35.1 Å². The van der Waals surface area contributed by atoms with Gasteiger partial charge in [0.05, 0.1) is 31.8 Å². The van der Waals surface area contributed by atoms with Crippen molar-refractivity contribution in [1.82, 2.24) is 9.97 Å². The molecule has 0 spiro atoms. The zero-order chi connectivity index (χ0) is 22.7. The first-order valence-electron chi connectivity index (χ1n) is 9.59. The highest BCUT2D eigenvalue weighted by Gasteiger charge is 2.28. The maximum Gasteiger partial charge on any atom is 0.149 e. The maximum atomic E-state index is 13.5. The number of Topliss-reactive ketones (excluding diaryl/α,β-unsaturated/α-hetero) is 1. The second kappa shape index (κ2) is 11.1. The molecule has 32 heavy (non-hydrogen) atoms. The number of carbonyl (C=O) groups excluding carboxylic acids is 1. The van der Waals surface area contributed by atoms with Crippen LogP contribution < -0.4 is 0 Å². The summed E-state index contributed by atoms with van der Waals surface area (Å²) in [6.07, 6.45) is 3.61. The lowest BCUT2D eigenvalue weighted by Gasteiger charge is -2.21. The minimum Gasteiger partial charge on any atom is -0.298 e. The molecule has 0 N–H and O–H groups in total. The van der Waals surface area contributed by atoms with Gasteiger partial charge in [0.2, 0.25) is 0 Å². The fourth-order valence-corrected chi connectivity index (χ4v) is 7.20. The first-order chi connectivity index (χ1) is 15.5. The third-order valence-electron chi connectivity index (χ3n) is 5.07. The lowest BCUT2D eigenvalue weighted by atomic mass is 9.85. The van der Waals surface area contributed by atoms with Gasteiger partial charge in [0.25, 0.3) is 0 Å². The first-order valence-corrected chi connectivity index (χ1v) is 15.0. The second-order valence-electron chi connectivity index (χ2n) is 7.00. The van der Waals surface area contributed by atoms with Gasteiger partial charge in [0, 0.05) is 21.8 Å². The summed E-state index contributed by atoms with van der Waals surface area (Å²) < 4.78 is 2.00. The molecule has 2 unspecified atom stereocenters. The van der Waals surface area contributed by atoms with Gasteiger partial charge >= 0.3 is 0 Å². The van der Waals surface area contributed by atoms with Crippen LogP contribution in [0.3, 0.4) is 0 Å². The first kappa shape index (κ1) is 24.4. The molecule has 4 aromatic rings. The Morgan fingerprint density at radius 3 is 1.38 bits per heavy atom.